The van der Waals surface area contributed by atoms with Gasteiger partial charge in [-0.2, -0.15) is 0 Å². The van der Waals surface area contributed by atoms with Crippen LogP contribution in [-0.4, -0.2) is 74.1 Å². The quantitative estimate of drug-likeness (QED) is 0.164. The Bertz CT molecular complexity index is 1740. The van der Waals surface area contributed by atoms with E-state index in [1.165, 1.54) is 55.9 Å². The third-order valence-corrected chi connectivity index (χ3v) is 17.1. The molecule has 0 aliphatic heterocycles. The van der Waals surface area contributed by atoms with Gasteiger partial charge in [-0.15, -0.1) is 0 Å². The van der Waals surface area contributed by atoms with Crippen molar-refractivity contribution in [1.29, 1.82) is 0 Å². The largest absolute Gasteiger partial charge is 0.469 e. The van der Waals surface area contributed by atoms with Gasteiger partial charge < -0.3 is 19.3 Å². The summed E-state index contributed by atoms with van der Waals surface area (Å²) in [5, 5.41) is 0. The number of fused-ring (bicyclic) bond motifs is 7. The second kappa shape index (κ2) is 15.6. The number of ether oxygens (including phenoxy) is 2. The molecule has 7 heteroatoms. The molecule has 316 valence electrons. The maximum Gasteiger partial charge on any atom is 0.338 e. The Labute approximate surface area is 345 Å². The van der Waals surface area contributed by atoms with Crippen molar-refractivity contribution in [3.8, 4) is 0 Å². The zero-order valence-electron chi connectivity index (χ0n) is 37.8. The van der Waals surface area contributed by atoms with Crippen molar-refractivity contribution >= 4 is 23.4 Å². The van der Waals surface area contributed by atoms with Gasteiger partial charge in [0.2, 0.25) is 5.91 Å². The standard InChI is InChI=1S/C50H76N2O5/c1-33(2)36-22-27-50(32-52(31-30-51(11)12)41(53)20-21-42(54)56-13)29-28-48(9)38(43(36)50)18-19-40-47(8)25-23-37(46(6,7)39(47)24-26-49(40,48)10)34-14-16-35(17-15-34)44(55)57-45(3,4)5/h14-17,23,36,38-40,43H,1,18-22,24-32H2,2-13H3/t36-,38+,39-,40+,43+,47-,48+,49+,50+/m0/s1. The maximum absolute atomic E-state index is 13.9. The monoisotopic (exact) mass is 785 g/mol. The van der Waals surface area contributed by atoms with Crippen LogP contribution < -0.4 is 0 Å². The van der Waals surface area contributed by atoms with E-state index < -0.39 is 5.60 Å². The molecule has 0 N–H and O–H groups in total. The topological polar surface area (TPSA) is 76.2 Å². The van der Waals surface area contributed by atoms with E-state index in [1.807, 2.05) is 32.9 Å². The molecule has 0 radical (unpaired) electrons. The van der Waals surface area contributed by atoms with Gasteiger partial charge in [-0.05, 0) is 180 Å². The molecule has 9 atom stereocenters. The summed E-state index contributed by atoms with van der Waals surface area (Å²) in [5.41, 5.74) is 4.70. The molecule has 0 spiro atoms. The van der Waals surface area contributed by atoms with Crippen LogP contribution in [0.3, 0.4) is 0 Å². The molecule has 1 aromatic rings. The van der Waals surface area contributed by atoms with Crippen molar-refractivity contribution in [1.82, 2.24) is 9.80 Å². The molecule has 0 bridgehead atoms. The maximum atomic E-state index is 13.9. The first-order valence-electron chi connectivity index (χ1n) is 22.2. The van der Waals surface area contributed by atoms with Crippen LogP contribution in [-0.2, 0) is 19.1 Å². The van der Waals surface area contributed by atoms with Gasteiger partial charge in [0.05, 0.1) is 19.1 Å². The molecule has 5 aliphatic rings. The lowest BCUT2D eigenvalue weighted by Gasteiger charge is -2.72. The fourth-order valence-corrected chi connectivity index (χ4v) is 14.2. The van der Waals surface area contributed by atoms with E-state index in [0.717, 1.165) is 38.8 Å². The van der Waals surface area contributed by atoms with Gasteiger partial charge in [0.25, 0.3) is 0 Å². The van der Waals surface area contributed by atoms with E-state index in [1.54, 1.807) is 0 Å². The summed E-state index contributed by atoms with van der Waals surface area (Å²) in [4.78, 5) is 43.1. The molecule has 1 aromatic carbocycles. The van der Waals surface area contributed by atoms with Crippen LogP contribution in [0.1, 0.15) is 149 Å². The lowest BCUT2D eigenvalue weighted by Crippen LogP contribution is -2.66. The Morgan fingerprint density at radius 3 is 2.14 bits per heavy atom. The van der Waals surface area contributed by atoms with E-state index in [2.05, 4.69) is 90.2 Å². The lowest BCUT2D eigenvalue weighted by atomic mass is 9.32. The van der Waals surface area contributed by atoms with Crippen LogP contribution in [0.2, 0.25) is 0 Å². The molecule has 57 heavy (non-hydrogen) atoms. The second-order valence-corrected chi connectivity index (χ2v) is 21.9. The minimum Gasteiger partial charge on any atom is -0.469 e. The highest BCUT2D eigenvalue weighted by Crippen LogP contribution is 2.77. The Morgan fingerprint density at radius 1 is 0.842 bits per heavy atom. The number of rotatable bonds is 11. The molecule has 7 nitrogen and oxygen atoms in total. The smallest absolute Gasteiger partial charge is 0.338 e. The molecule has 1 amide bonds. The third kappa shape index (κ3) is 7.70. The van der Waals surface area contributed by atoms with Crippen LogP contribution in [0.4, 0.5) is 0 Å². The van der Waals surface area contributed by atoms with Gasteiger partial charge in [-0.25, -0.2) is 4.79 Å². The van der Waals surface area contributed by atoms with E-state index >= 15 is 0 Å². The zero-order chi connectivity index (χ0) is 41.9. The van der Waals surface area contributed by atoms with Gasteiger partial charge in [-0.1, -0.05) is 65.0 Å². The first-order chi connectivity index (χ1) is 26.5. The van der Waals surface area contributed by atoms with Crippen molar-refractivity contribution in [3.05, 3.63) is 53.6 Å². The average Bonchev–Trinajstić information content (AvgIpc) is 3.51. The molecule has 0 heterocycles. The van der Waals surface area contributed by atoms with Crippen LogP contribution >= 0.6 is 0 Å². The van der Waals surface area contributed by atoms with Crippen LogP contribution in [0.15, 0.2) is 42.5 Å². The molecular weight excluding hydrogens is 709 g/mol. The van der Waals surface area contributed by atoms with E-state index in [0.29, 0.717) is 41.7 Å². The number of amides is 1. The molecule has 4 fully saturated rings. The minimum absolute atomic E-state index is 0.00580. The summed E-state index contributed by atoms with van der Waals surface area (Å²) < 4.78 is 10.6. The van der Waals surface area contributed by atoms with Crippen LogP contribution in [0.5, 0.6) is 0 Å². The van der Waals surface area contributed by atoms with Crippen molar-refractivity contribution < 1.29 is 23.9 Å². The number of hydrogen-bond donors (Lipinski definition) is 0. The normalized spacial score (nSPS) is 35.5. The Morgan fingerprint density at radius 2 is 1.53 bits per heavy atom. The number of carbonyl (C=O) groups is 3. The number of carbonyl (C=O) groups excluding carboxylic acids is 3. The third-order valence-electron chi connectivity index (χ3n) is 17.1. The Kier molecular flexibility index (Phi) is 11.9. The highest BCUT2D eigenvalue weighted by molar-refractivity contribution is 5.90. The number of esters is 2. The number of methoxy groups -OCH3 is 1. The molecule has 0 aromatic heterocycles. The van der Waals surface area contributed by atoms with Gasteiger partial charge >= 0.3 is 11.9 Å². The Balaban J connectivity index is 1.29. The van der Waals surface area contributed by atoms with Gasteiger partial charge in [0.15, 0.2) is 0 Å². The van der Waals surface area contributed by atoms with Crippen molar-refractivity contribution in [2.45, 2.75) is 139 Å². The van der Waals surface area contributed by atoms with E-state index in [9.17, 15) is 14.4 Å². The van der Waals surface area contributed by atoms with Gasteiger partial charge in [0.1, 0.15) is 5.60 Å². The number of nitrogens with zero attached hydrogens (tertiary/aromatic N) is 2. The summed E-state index contributed by atoms with van der Waals surface area (Å²) in [7, 11) is 5.54. The summed E-state index contributed by atoms with van der Waals surface area (Å²) in [5.74, 6) is 2.25. The Hall–Kier alpha value is -2.93. The van der Waals surface area contributed by atoms with E-state index in [-0.39, 0.29) is 57.8 Å². The minimum atomic E-state index is -0.523. The molecular formula is C50H76N2O5. The van der Waals surface area contributed by atoms with Crippen molar-refractivity contribution in [2.24, 2.45) is 56.7 Å². The van der Waals surface area contributed by atoms with Crippen LogP contribution in [0.25, 0.3) is 5.57 Å². The SMILES string of the molecule is C=C(C)[C@@H]1CC[C@]2(CN(CCN(C)C)C(=O)CCC(=O)OC)CC[C@]3(C)[C@H](CC[C@@H]4[C@@]5(C)CC=C(c6ccc(C(=O)OC(C)(C)C)cc6)C(C)(C)[C@@H]5CC[C@]43C)[C@@H]12. The number of likely N-dealkylation sites (N-methyl/N-ethyl adjacent to an activating group) is 1. The fraction of sp³-hybridized carbons (Fsp3) is 0.740. The van der Waals surface area contributed by atoms with Crippen LogP contribution in [0, 0.1) is 56.7 Å². The highest BCUT2D eigenvalue weighted by atomic mass is 16.6. The highest BCUT2D eigenvalue weighted by Gasteiger charge is 2.70. The van der Waals surface area contributed by atoms with Crippen molar-refractivity contribution in [3.63, 3.8) is 0 Å². The number of benzene rings is 1. The number of hydrogen-bond acceptors (Lipinski definition) is 6. The molecule has 6 rings (SSSR count). The van der Waals surface area contributed by atoms with Crippen molar-refractivity contribution in [2.75, 3.05) is 40.8 Å². The van der Waals surface area contributed by atoms with Gasteiger partial charge in [0, 0.05) is 26.1 Å². The zero-order valence-corrected chi connectivity index (χ0v) is 37.8. The number of allylic oxidation sites excluding steroid dienone is 3. The summed E-state index contributed by atoms with van der Waals surface area (Å²) in [6.07, 6.45) is 13.6. The second-order valence-electron chi connectivity index (χ2n) is 21.9. The molecule has 5 aliphatic carbocycles. The first-order valence-corrected chi connectivity index (χ1v) is 22.2. The summed E-state index contributed by atoms with van der Waals surface area (Å²) >= 11 is 0. The lowest BCUT2D eigenvalue weighted by molar-refractivity contribution is -0.226. The van der Waals surface area contributed by atoms with E-state index in [4.69, 9.17) is 9.47 Å². The predicted molar refractivity (Wildman–Crippen MR) is 230 cm³/mol. The fourth-order valence-electron chi connectivity index (χ4n) is 14.2. The average molecular weight is 785 g/mol. The molecule has 0 unspecified atom stereocenters. The summed E-state index contributed by atoms with van der Waals surface area (Å²) in [6.45, 7) is 27.9. The first kappa shape index (κ1) is 43.6. The van der Waals surface area contributed by atoms with Gasteiger partial charge in [-0.3, -0.25) is 9.59 Å². The molecule has 0 saturated heterocycles. The predicted octanol–water partition coefficient (Wildman–Crippen LogP) is 10.6. The summed E-state index contributed by atoms with van der Waals surface area (Å²) in [6, 6.07) is 8.16. The molecule has 4 saturated carbocycles.